The van der Waals surface area contributed by atoms with E-state index in [4.69, 9.17) is 21.4 Å². The van der Waals surface area contributed by atoms with E-state index in [1.54, 1.807) is 0 Å². The van der Waals surface area contributed by atoms with Crippen LogP contribution in [-0.2, 0) is 13.0 Å². The smallest absolute Gasteiger partial charge is 0.127 e. The Balaban J connectivity index is 2.17. The van der Waals surface area contributed by atoms with Gasteiger partial charge in [0.1, 0.15) is 5.75 Å². The highest BCUT2D eigenvalue weighted by atomic mass is 35.5. The van der Waals surface area contributed by atoms with Gasteiger partial charge in [0, 0.05) is 30.1 Å². The second kappa shape index (κ2) is 6.41. The number of aliphatic hydroxyl groups is 1. The normalized spacial score (nSPS) is 13.8. The maximum Gasteiger partial charge on any atom is 0.127 e. The molecule has 0 atom stereocenters. The van der Waals surface area contributed by atoms with Crippen molar-refractivity contribution in [2.45, 2.75) is 26.3 Å². The van der Waals surface area contributed by atoms with Crippen molar-refractivity contribution in [3.63, 3.8) is 0 Å². The molecule has 1 N–H and O–H groups in total. The first-order chi connectivity index (χ1) is 8.74. The first-order valence-electron chi connectivity index (χ1n) is 6.52. The molecular formula is C14H20ClNO2. The highest BCUT2D eigenvalue weighted by Gasteiger charge is 2.19. The summed E-state index contributed by atoms with van der Waals surface area (Å²) in [6.07, 6.45) is 2.01. The first-order valence-corrected chi connectivity index (χ1v) is 6.89. The van der Waals surface area contributed by atoms with Crippen molar-refractivity contribution in [3.05, 3.63) is 28.3 Å². The molecule has 0 saturated carbocycles. The number of hydrogen-bond donors (Lipinski definition) is 1. The van der Waals surface area contributed by atoms with E-state index in [0.717, 1.165) is 48.9 Å². The van der Waals surface area contributed by atoms with Crippen LogP contribution in [0.4, 0.5) is 0 Å². The Morgan fingerprint density at radius 2 is 2.22 bits per heavy atom. The Morgan fingerprint density at radius 3 is 2.94 bits per heavy atom. The van der Waals surface area contributed by atoms with E-state index in [1.807, 2.05) is 12.1 Å². The van der Waals surface area contributed by atoms with Gasteiger partial charge in [-0.25, -0.2) is 0 Å². The van der Waals surface area contributed by atoms with Crippen molar-refractivity contribution >= 4 is 11.6 Å². The minimum Gasteiger partial charge on any atom is -0.493 e. The molecule has 100 valence electrons. The average molecular weight is 270 g/mol. The second-order valence-corrected chi connectivity index (χ2v) is 5.09. The molecule has 0 aliphatic carbocycles. The van der Waals surface area contributed by atoms with Crippen molar-refractivity contribution in [1.82, 2.24) is 4.90 Å². The molecule has 18 heavy (non-hydrogen) atoms. The molecular weight excluding hydrogens is 250 g/mol. The summed E-state index contributed by atoms with van der Waals surface area (Å²) in [5, 5.41) is 9.86. The number of ether oxygens (including phenoxy) is 1. The Hall–Kier alpha value is -0.770. The van der Waals surface area contributed by atoms with Gasteiger partial charge in [0.05, 0.1) is 13.2 Å². The van der Waals surface area contributed by atoms with Crippen LogP contribution in [0.1, 0.15) is 24.5 Å². The largest absolute Gasteiger partial charge is 0.493 e. The van der Waals surface area contributed by atoms with E-state index < -0.39 is 0 Å². The zero-order valence-electron chi connectivity index (χ0n) is 10.8. The second-order valence-electron chi connectivity index (χ2n) is 4.65. The average Bonchev–Trinajstić information content (AvgIpc) is 2.77. The van der Waals surface area contributed by atoms with E-state index in [1.165, 1.54) is 5.56 Å². The molecule has 2 rings (SSSR count). The van der Waals surface area contributed by atoms with Gasteiger partial charge in [-0.05, 0) is 30.7 Å². The lowest BCUT2D eigenvalue weighted by molar-refractivity contribution is 0.188. The molecule has 1 aliphatic rings. The number of hydrogen-bond acceptors (Lipinski definition) is 3. The fraction of sp³-hybridized carbons (Fsp3) is 0.571. The molecule has 0 radical (unpaired) electrons. The summed E-state index contributed by atoms with van der Waals surface area (Å²) in [5.41, 5.74) is 2.34. The third-order valence-electron chi connectivity index (χ3n) is 3.18. The molecule has 1 aromatic rings. The lowest BCUT2D eigenvalue weighted by Gasteiger charge is -2.21. The van der Waals surface area contributed by atoms with Gasteiger partial charge in [0.2, 0.25) is 0 Å². The zero-order chi connectivity index (χ0) is 13.0. The lowest BCUT2D eigenvalue weighted by atomic mass is 10.1. The highest BCUT2D eigenvalue weighted by Crippen LogP contribution is 2.33. The van der Waals surface area contributed by atoms with E-state index in [2.05, 4.69) is 11.8 Å². The van der Waals surface area contributed by atoms with Crippen molar-refractivity contribution in [3.8, 4) is 5.75 Å². The molecule has 0 unspecified atom stereocenters. The molecule has 0 saturated heterocycles. The van der Waals surface area contributed by atoms with Crippen LogP contribution in [0.15, 0.2) is 12.1 Å². The van der Waals surface area contributed by atoms with Gasteiger partial charge in [-0.3, -0.25) is 4.90 Å². The molecule has 3 nitrogen and oxygen atoms in total. The van der Waals surface area contributed by atoms with E-state index in [-0.39, 0.29) is 6.61 Å². The molecule has 1 aromatic carbocycles. The van der Waals surface area contributed by atoms with E-state index in [9.17, 15) is 0 Å². The first kappa shape index (κ1) is 13.7. The van der Waals surface area contributed by atoms with Crippen LogP contribution in [0.2, 0.25) is 5.02 Å². The van der Waals surface area contributed by atoms with Gasteiger partial charge < -0.3 is 9.84 Å². The number of benzene rings is 1. The number of aliphatic hydroxyl groups excluding tert-OH is 1. The number of halogens is 1. The van der Waals surface area contributed by atoms with E-state index >= 15 is 0 Å². The summed E-state index contributed by atoms with van der Waals surface area (Å²) in [4.78, 5) is 2.23. The van der Waals surface area contributed by atoms with Gasteiger partial charge in [-0.1, -0.05) is 18.5 Å². The SMILES string of the molecule is CCCN(CCO)Cc1cc(Cl)cc2c1OCC2. The Bertz CT molecular complexity index is 403. The summed E-state index contributed by atoms with van der Waals surface area (Å²) in [7, 11) is 0. The quantitative estimate of drug-likeness (QED) is 0.861. The molecule has 0 amide bonds. The van der Waals surface area contributed by atoms with Gasteiger partial charge >= 0.3 is 0 Å². The van der Waals surface area contributed by atoms with Crippen LogP contribution in [-0.4, -0.2) is 36.3 Å². The molecule has 4 heteroatoms. The third-order valence-corrected chi connectivity index (χ3v) is 3.39. The molecule has 0 spiro atoms. The fourth-order valence-electron chi connectivity index (χ4n) is 2.43. The molecule has 0 bridgehead atoms. The molecule has 0 aromatic heterocycles. The number of fused-ring (bicyclic) bond motifs is 1. The van der Waals surface area contributed by atoms with Crippen molar-refractivity contribution in [1.29, 1.82) is 0 Å². The van der Waals surface area contributed by atoms with Crippen LogP contribution in [0, 0.1) is 0 Å². The zero-order valence-corrected chi connectivity index (χ0v) is 11.5. The number of nitrogens with zero attached hydrogens (tertiary/aromatic N) is 1. The van der Waals surface area contributed by atoms with Crippen LogP contribution in [0.25, 0.3) is 0 Å². The van der Waals surface area contributed by atoms with Crippen LogP contribution < -0.4 is 4.74 Å². The lowest BCUT2D eigenvalue weighted by Crippen LogP contribution is -2.27. The van der Waals surface area contributed by atoms with E-state index in [0.29, 0.717) is 6.54 Å². The minimum absolute atomic E-state index is 0.184. The number of rotatable bonds is 6. The molecule has 1 aliphatic heterocycles. The summed E-state index contributed by atoms with van der Waals surface area (Å²) in [5.74, 6) is 0.999. The summed E-state index contributed by atoms with van der Waals surface area (Å²) >= 11 is 6.14. The van der Waals surface area contributed by atoms with Crippen LogP contribution in [0.3, 0.4) is 0 Å². The topological polar surface area (TPSA) is 32.7 Å². The maximum absolute atomic E-state index is 9.09. The highest BCUT2D eigenvalue weighted by molar-refractivity contribution is 6.30. The monoisotopic (exact) mass is 269 g/mol. The fourth-order valence-corrected chi connectivity index (χ4v) is 2.70. The molecule has 0 fully saturated rings. The third kappa shape index (κ3) is 3.16. The van der Waals surface area contributed by atoms with Gasteiger partial charge in [-0.2, -0.15) is 0 Å². The van der Waals surface area contributed by atoms with Gasteiger partial charge in [0.15, 0.2) is 0 Å². The molecule has 1 heterocycles. The van der Waals surface area contributed by atoms with Gasteiger partial charge in [0.25, 0.3) is 0 Å². The Morgan fingerprint density at radius 1 is 1.39 bits per heavy atom. The summed E-state index contributed by atoms with van der Waals surface area (Å²) in [6.45, 7) is 5.53. The summed E-state index contributed by atoms with van der Waals surface area (Å²) in [6, 6.07) is 3.97. The van der Waals surface area contributed by atoms with Crippen LogP contribution in [0.5, 0.6) is 5.75 Å². The van der Waals surface area contributed by atoms with Crippen molar-refractivity contribution < 1.29 is 9.84 Å². The van der Waals surface area contributed by atoms with Crippen molar-refractivity contribution in [2.24, 2.45) is 0 Å². The standard InChI is InChI=1S/C14H20ClNO2/c1-2-4-16(5-6-17)10-12-9-13(15)8-11-3-7-18-14(11)12/h8-9,17H,2-7,10H2,1H3. The van der Waals surface area contributed by atoms with Crippen LogP contribution >= 0.6 is 11.6 Å². The predicted octanol–water partition coefficient (Wildman–Crippen LogP) is 2.48. The van der Waals surface area contributed by atoms with Crippen molar-refractivity contribution in [2.75, 3.05) is 26.3 Å². The Labute approximate surface area is 113 Å². The Kier molecular flexibility index (Phi) is 4.87. The predicted molar refractivity (Wildman–Crippen MR) is 73.3 cm³/mol. The summed E-state index contributed by atoms with van der Waals surface area (Å²) < 4.78 is 5.69. The maximum atomic E-state index is 9.09. The van der Waals surface area contributed by atoms with Gasteiger partial charge in [-0.15, -0.1) is 0 Å². The minimum atomic E-state index is 0.184.